The summed E-state index contributed by atoms with van der Waals surface area (Å²) in [6.07, 6.45) is 0.337. The predicted molar refractivity (Wildman–Crippen MR) is 87.3 cm³/mol. The number of rotatable bonds is 0. The van der Waals surface area contributed by atoms with Crippen molar-refractivity contribution in [2.75, 3.05) is 6.54 Å². The molecule has 1 aliphatic heterocycles. The molecule has 1 aliphatic rings. The number of fused-ring (bicyclic) bond motifs is 1. The molecule has 2 N–H and O–H groups in total. The van der Waals surface area contributed by atoms with E-state index in [1.165, 1.54) is 0 Å². The van der Waals surface area contributed by atoms with Crippen molar-refractivity contribution >= 4 is 33.6 Å². The van der Waals surface area contributed by atoms with Crippen molar-refractivity contribution in [1.82, 2.24) is 4.90 Å². The van der Waals surface area contributed by atoms with Crippen molar-refractivity contribution in [2.45, 2.75) is 45.4 Å². The topological polar surface area (TPSA) is 55.6 Å². The number of benzene rings is 1. The van der Waals surface area contributed by atoms with Gasteiger partial charge in [-0.2, -0.15) is 0 Å². The number of carbonyl (C=O) groups is 1. The van der Waals surface area contributed by atoms with Crippen LogP contribution in [0.4, 0.5) is 4.79 Å². The molecule has 0 saturated heterocycles. The van der Waals surface area contributed by atoms with Gasteiger partial charge in [0.1, 0.15) is 5.60 Å². The largest absolute Gasteiger partial charge is 0.444 e. The van der Waals surface area contributed by atoms with Gasteiger partial charge in [0, 0.05) is 22.1 Å². The van der Waals surface area contributed by atoms with Crippen molar-refractivity contribution in [3.8, 4) is 0 Å². The summed E-state index contributed by atoms with van der Waals surface area (Å²) in [7, 11) is 0. The second-order valence-corrected chi connectivity index (χ2v) is 7.48. The molecule has 1 aromatic rings. The number of ether oxygens (including phenoxy) is 1. The minimum absolute atomic E-state index is 0.152. The minimum Gasteiger partial charge on any atom is -0.444 e. The monoisotopic (exact) mass is 374 g/mol. The Bertz CT molecular complexity index is 557. The fraction of sp³-hybridized carbons (Fsp3) is 0.533. The van der Waals surface area contributed by atoms with Gasteiger partial charge >= 0.3 is 6.09 Å². The number of nitrogens with zero attached hydrogens (tertiary/aromatic N) is 1. The highest BCUT2D eigenvalue weighted by Crippen LogP contribution is 2.35. The van der Waals surface area contributed by atoms with Crippen LogP contribution in [0, 0.1) is 0 Å². The third kappa shape index (κ3) is 3.90. The molecule has 1 atom stereocenters. The third-order valence-electron chi connectivity index (χ3n) is 3.33. The van der Waals surface area contributed by atoms with Gasteiger partial charge in [-0.25, -0.2) is 4.79 Å². The summed E-state index contributed by atoms with van der Waals surface area (Å²) in [4.78, 5) is 13.9. The standard InChI is InChI=1S/C15H20BrClN2O2/c1-15(2,3)21-14(20)19-7-6-12(18)13-9(8-19)11(17)5-4-10(13)16/h4-5,12H,6-8,18H2,1-3H3. The van der Waals surface area contributed by atoms with Crippen LogP contribution in [-0.2, 0) is 11.3 Å². The van der Waals surface area contributed by atoms with Crippen molar-refractivity contribution in [1.29, 1.82) is 0 Å². The van der Waals surface area contributed by atoms with E-state index in [0.717, 1.165) is 15.6 Å². The molecule has 116 valence electrons. The lowest BCUT2D eigenvalue weighted by Gasteiger charge is -2.26. The lowest BCUT2D eigenvalue weighted by Crippen LogP contribution is -2.36. The number of hydrogen-bond acceptors (Lipinski definition) is 3. The first kappa shape index (κ1) is 16.6. The number of halogens is 2. The zero-order chi connectivity index (χ0) is 15.8. The molecule has 0 radical (unpaired) electrons. The molecule has 6 heteroatoms. The van der Waals surface area contributed by atoms with Gasteiger partial charge in [-0.3, -0.25) is 0 Å². The first-order valence-corrected chi connectivity index (χ1v) is 8.06. The van der Waals surface area contributed by atoms with Gasteiger partial charge in [0.25, 0.3) is 0 Å². The van der Waals surface area contributed by atoms with Gasteiger partial charge in [0.05, 0.1) is 6.54 Å². The maximum Gasteiger partial charge on any atom is 0.410 e. The smallest absolute Gasteiger partial charge is 0.410 e. The van der Waals surface area contributed by atoms with Gasteiger partial charge in [-0.05, 0) is 50.5 Å². The Balaban J connectivity index is 2.31. The Labute approximate surface area is 138 Å². The highest BCUT2D eigenvalue weighted by Gasteiger charge is 2.29. The molecule has 0 spiro atoms. The molecule has 0 aromatic heterocycles. The number of carbonyl (C=O) groups excluding carboxylic acids is 1. The van der Waals surface area contributed by atoms with Gasteiger partial charge in [-0.1, -0.05) is 27.5 Å². The highest BCUT2D eigenvalue weighted by molar-refractivity contribution is 9.10. The maximum absolute atomic E-state index is 12.3. The van der Waals surface area contributed by atoms with E-state index in [2.05, 4.69) is 15.9 Å². The van der Waals surface area contributed by atoms with E-state index in [-0.39, 0.29) is 12.1 Å². The molecule has 1 amide bonds. The molecular weight excluding hydrogens is 356 g/mol. The van der Waals surface area contributed by atoms with Crippen molar-refractivity contribution in [2.24, 2.45) is 5.73 Å². The fourth-order valence-corrected chi connectivity index (χ4v) is 3.25. The SMILES string of the molecule is CC(C)(C)OC(=O)N1CCC(N)c2c(Br)ccc(Cl)c2C1. The molecule has 4 nitrogen and oxygen atoms in total. The fourth-order valence-electron chi connectivity index (χ4n) is 2.36. The second-order valence-electron chi connectivity index (χ2n) is 6.22. The first-order valence-electron chi connectivity index (χ1n) is 6.89. The van der Waals surface area contributed by atoms with Crippen LogP contribution in [0.5, 0.6) is 0 Å². The molecular formula is C15H20BrClN2O2. The number of amides is 1. The van der Waals surface area contributed by atoms with E-state index in [4.69, 9.17) is 22.1 Å². The summed E-state index contributed by atoms with van der Waals surface area (Å²) >= 11 is 9.82. The molecule has 0 fully saturated rings. The highest BCUT2D eigenvalue weighted by atomic mass is 79.9. The van der Waals surface area contributed by atoms with Crippen LogP contribution in [0.2, 0.25) is 5.02 Å². The molecule has 1 aromatic carbocycles. The summed E-state index contributed by atoms with van der Waals surface area (Å²) in [6.45, 7) is 6.52. The van der Waals surface area contributed by atoms with E-state index in [0.29, 0.717) is 24.5 Å². The van der Waals surface area contributed by atoms with Crippen LogP contribution in [0.25, 0.3) is 0 Å². The minimum atomic E-state index is -0.518. The summed E-state index contributed by atoms with van der Waals surface area (Å²) in [6, 6.07) is 3.56. The van der Waals surface area contributed by atoms with Crippen LogP contribution >= 0.6 is 27.5 Å². The lowest BCUT2D eigenvalue weighted by molar-refractivity contribution is 0.0235. The van der Waals surface area contributed by atoms with Crippen molar-refractivity contribution in [3.63, 3.8) is 0 Å². The van der Waals surface area contributed by atoms with E-state index in [1.807, 2.05) is 32.9 Å². The zero-order valence-corrected chi connectivity index (χ0v) is 14.8. The summed E-state index contributed by atoms with van der Waals surface area (Å²) in [5.41, 5.74) is 7.59. The zero-order valence-electron chi connectivity index (χ0n) is 12.5. The van der Waals surface area contributed by atoms with Crippen LogP contribution in [0.3, 0.4) is 0 Å². The average molecular weight is 376 g/mol. The van der Waals surface area contributed by atoms with Gasteiger partial charge in [0.2, 0.25) is 0 Å². The van der Waals surface area contributed by atoms with Gasteiger partial charge < -0.3 is 15.4 Å². The Morgan fingerprint density at radius 3 is 2.76 bits per heavy atom. The van der Waals surface area contributed by atoms with Gasteiger partial charge in [-0.15, -0.1) is 0 Å². The van der Waals surface area contributed by atoms with Crippen LogP contribution < -0.4 is 5.73 Å². The summed E-state index contributed by atoms with van der Waals surface area (Å²) in [5.74, 6) is 0. The lowest BCUT2D eigenvalue weighted by atomic mass is 10.0. The Hall–Kier alpha value is -0.780. The van der Waals surface area contributed by atoms with E-state index in [1.54, 1.807) is 4.90 Å². The van der Waals surface area contributed by atoms with Crippen molar-refractivity contribution < 1.29 is 9.53 Å². The van der Waals surface area contributed by atoms with E-state index in [9.17, 15) is 4.79 Å². The molecule has 1 heterocycles. The molecule has 0 aliphatic carbocycles. The molecule has 0 saturated carbocycles. The Morgan fingerprint density at radius 1 is 1.48 bits per heavy atom. The molecule has 0 bridgehead atoms. The van der Waals surface area contributed by atoms with Crippen LogP contribution in [0.1, 0.15) is 44.4 Å². The predicted octanol–water partition coefficient (Wildman–Crippen LogP) is 4.24. The second kappa shape index (κ2) is 6.15. The number of hydrogen-bond donors (Lipinski definition) is 1. The van der Waals surface area contributed by atoms with Gasteiger partial charge in [0.15, 0.2) is 0 Å². The normalized spacial score (nSPS) is 19.0. The summed E-state index contributed by atoms with van der Waals surface area (Å²) in [5, 5.41) is 0.624. The third-order valence-corrected chi connectivity index (χ3v) is 4.37. The number of nitrogens with two attached hydrogens (primary N) is 1. The van der Waals surface area contributed by atoms with Crippen LogP contribution in [-0.4, -0.2) is 23.1 Å². The van der Waals surface area contributed by atoms with E-state index >= 15 is 0 Å². The van der Waals surface area contributed by atoms with E-state index < -0.39 is 5.60 Å². The Kier molecular flexibility index (Phi) is 4.85. The maximum atomic E-state index is 12.3. The van der Waals surface area contributed by atoms with Crippen LogP contribution in [0.15, 0.2) is 16.6 Å². The van der Waals surface area contributed by atoms with Crippen molar-refractivity contribution in [3.05, 3.63) is 32.8 Å². The molecule has 1 unspecified atom stereocenters. The quantitative estimate of drug-likeness (QED) is 0.738. The molecule has 2 rings (SSSR count). The average Bonchev–Trinajstić information content (AvgIpc) is 2.52. The first-order chi connectivity index (χ1) is 9.69. The summed E-state index contributed by atoms with van der Waals surface area (Å²) < 4.78 is 6.38. The molecule has 21 heavy (non-hydrogen) atoms. The Morgan fingerprint density at radius 2 is 2.14 bits per heavy atom.